The molecule has 0 radical (unpaired) electrons. The number of allylic oxidation sites excluding steroid dienone is 4. The van der Waals surface area contributed by atoms with Gasteiger partial charge in [0.1, 0.15) is 11.3 Å². The van der Waals surface area contributed by atoms with Crippen LogP contribution in [0.25, 0.3) is 50.3 Å². The fourth-order valence-electron chi connectivity index (χ4n) is 4.31. The standard InChI is InChI=1S/C30H30FN7S/c1-6-19(16-22(32)7-2)24-11-12-26-28(34-24)29(38-37-26)30-35-25-10-8-9-23(27(25)36-30)20-13-18(14-21(31)15-20)17-33-39(3,4)5/h6-16,33H,2-4,17,32H2,1,5H3,(H,35,36)(H,37,38)/b19-6+,22-16+. The number of nitrogens with zero attached hydrogens (tertiary/aromatic N) is 3. The number of nitrogens with two attached hydrogens (primary N) is 1. The molecule has 0 fully saturated rings. The topological polar surface area (TPSA) is 108 Å². The third-order valence-corrected chi connectivity index (χ3v) is 7.04. The lowest BCUT2D eigenvalue weighted by atomic mass is 10.0. The Morgan fingerprint density at radius 1 is 1.10 bits per heavy atom. The zero-order valence-electron chi connectivity index (χ0n) is 21.9. The molecule has 5 aromatic rings. The van der Waals surface area contributed by atoms with Gasteiger partial charge in [-0.1, -0.05) is 36.5 Å². The molecule has 0 spiro atoms. The summed E-state index contributed by atoms with van der Waals surface area (Å²) in [5.74, 6) is 8.32. The first-order valence-electron chi connectivity index (χ1n) is 12.2. The SMILES string of the molecule is C=C/C(N)=C\C(=C/C)c1ccc2[nH]nc(-c3nc4c(-c5cc(F)cc(CNS(=C)(=C)C)c5)cccc4[nH]3)c2n1. The van der Waals surface area contributed by atoms with E-state index >= 15 is 0 Å². The molecule has 198 valence electrons. The van der Waals surface area contributed by atoms with E-state index in [0.29, 0.717) is 34.8 Å². The second kappa shape index (κ2) is 10.4. The Morgan fingerprint density at radius 3 is 2.67 bits per heavy atom. The van der Waals surface area contributed by atoms with Crippen LogP contribution in [0.1, 0.15) is 18.2 Å². The van der Waals surface area contributed by atoms with Crippen LogP contribution in [0.5, 0.6) is 0 Å². The van der Waals surface area contributed by atoms with Gasteiger partial charge in [-0.3, -0.25) is 9.82 Å². The smallest absolute Gasteiger partial charge is 0.161 e. The van der Waals surface area contributed by atoms with Crippen molar-refractivity contribution in [3.05, 3.63) is 96.1 Å². The number of aromatic amines is 2. The van der Waals surface area contributed by atoms with Crippen LogP contribution in [-0.4, -0.2) is 43.1 Å². The van der Waals surface area contributed by atoms with Crippen LogP contribution in [0.4, 0.5) is 4.39 Å². The summed E-state index contributed by atoms with van der Waals surface area (Å²) in [4.78, 5) is 13.1. The fourth-order valence-corrected chi connectivity index (χ4v) is 4.83. The van der Waals surface area contributed by atoms with Gasteiger partial charge in [-0.25, -0.2) is 14.4 Å². The predicted octanol–water partition coefficient (Wildman–Crippen LogP) is 6.04. The molecule has 3 heterocycles. The Balaban J connectivity index is 1.59. The van der Waals surface area contributed by atoms with E-state index in [9.17, 15) is 4.39 Å². The van der Waals surface area contributed by atoms with Gasteiger partial charge in [0.2, 0.25) is 0 Å². The largest absolute Gasteiger partial charge is 0.399 e. The van der Waals surface area contributed by atoms with Crippen molar-refractivity contribution in [3.63, 3.8) is 0 Å². The number of hydrogen-bond donors (Lipinski definition) is 4. The van der Waals surface area contributed by atoms with Gasteiger partial charge in [-0.15, -0.1) is 0 Å². The molecule has 0 unspecified atom stereocenters. The molecule has 0 amide bonds. The molecule has 0 aliphatic rings. The summed E-state index contributed by atoms with van der Waals surface area (Å²) in [6, 6.07) is 14.6. The van der Waals surface area contributed by atoms with Gasteiger partial charge in [-0.05, 0) is 78.4 Å². The Bertz CT molecular complexity index is 1890. The Kier molecular flexibility index (Phi) is 6.94. The normalized spacial score (nSPS) is 12.9. The summed E-state index contributed by atoms with van der Waals surface area (Å²) < 4.78 is 17.9. The van der Waals surface area contributed by atoms with E-state index in [2.05, 4.69) is 38.2 Å². The van der Waals surface area contributed by atoms with E-state index in [4.69, 9.17) is 15.7 Å². The second-order valence-corrected chi connectivity index (χ2v) is 12.3. The van der Waals surface area contributed by atoms with E-state index in [-0.39, 0.29) is 5.82 Å². The zero-order valence-corrected chi connectivity index (χ0v) is 22.7. The van der Waals surface area contributed by atoms with E-state index in [0.717, 1.165) is 39.0 Å². The molecule has 0 aliphatic heterocycles. The van der Waals surface area contributed by atoms with Crippen LogP contribution in [0.3, 0.4) is 0 Å². The molecule has 2 aromatic carbocycles. The zero-order chi connectivity index (χ0) is 27.7. The minimum Gasteiger partial charge on any atom is -0.399 e. The highest BCUT2D eigenvalue weighted by Crippen LogP contribution is 2.32. The highest BCUT2D eigenvalue weighted by molar-refractivity contribution is 8.25. The number of hydrogen-bond acceptors (Lipinski definition) is 5. The Labute approximate surface area is 227 Å². The minimum atomic E-state index is -1.43. The summed E-state index contributed by atoms with van der Waals surface area (Å²) in [7, 11) is -1.43. The van der Waals surface area contributed by atoms with Crippen molar-refractivity contribution >= 4 is 48.8 Å². The number of para-hydroxylation sites is 1. The van der Waals surface area contributed by atoms with Crippen LogP contribution in [0.15, 0.2) is 79.0 Å². The van der Waals surface area contributed by atoms with Gasteiger partial charge in [0.15, 0.2) is 11.5 Å². The number of nitrogens with one attached hydrogen (secondary N) is 3. The first kappa shape index (κ1) is 26.1. The molecule has 3 aromatic heterocycles. The highest BCUT2D eigenvalue weighted by Gasteiger charge is 2.17. The van der Waals surface area contributed by atoms with Gasteiger partial charge in [0.25, 0.3) is 0 Å². The average Bonchev–Trinajstić information content (AvgIpc) is 3.53. The molecule has 9 heteroatoms. The summed E-state index contributed by atoms with van der Waals surface area (Å²) in [5, 5.41) is 7.55. The van der Waals surface area contributed by atoms with Crippen molar-refractivity contribution < 1.29 is 4.39 Å². The van der Waals surface area contributed by atoms with Crippen molar-refractivity contribution in [2.45, 2.75) is 13.5 Å². The maximum Gasteiger partial charge on any atom is 0.161 e. The number of imidazole rings is 1. The molecule has 0 bridgehead atoms. The lowest BCUT2D eigenvalue weighted by Gasteiger charge is -2.12. The van der Waals surface area contributed by atoms with E-state index in [1.54, 1.807) is 6.08 Å². The van der Waals surface area contributed by atoms with Crippen LogP contribution < -0.4 is 10.5 Å². The summed E-state index contributed by atoms with van der Waals surface area (Å²) in [6.07, 6.45) is 7.31. The number of fused-ring (bicyclic) bond motifs is 2. The average molecular weight is 540 g/mol. The maximum absolute atomic E-state index is 14.6. The minimum absolute atomic E-state index is 0.317. The third-order valence-electron chi connectivity index (χ3n) is 6.20. The lowest BCUT2D eigenvalue weighted by molar-refractivity contribution is 0.625. The first-order chi connectivity index (χ1) is 18.6. The first-order valence-corrected chi connectivity index (χ1v) is 14.6. The lowest BCUT2D eigenvalue weighted by Crippen LogP contribution is -2.08. The molecular weight excluding hydrogens is 509 g/mol. The van der Waals surface area contributed by atoms with Gasteiger partial charge >= 0.3 is 0 Å². The van der Waals surface area contributed by atoms with E-state index in [1.165, 1.54) is 12.1 Å². The molecule has 0 saturated heterocycles. The van der Waals surface area contributed by atoms with E-state index < -0.39 is 9.39 Å². The molecule has 0 aliphatic carbocycles. The monoisotopic (exact) mass is 539 g/mol. The maximum atomic E-state index is 14.6. The quantitative estimate of drug-likeness (QED) is 0.142. The summed E-state index contributed by atoms with van der Waals surface area (Å²) in [5.41, 5.74) is 14.0. The van der Waals surface area contributed by atoms with Crippen LogP contribution in [-0.2, 0) is 6.54 Å². The molecule has 5 N–H and O–H groups in total. The number of aromatic nitrogens is 5. The molecular formula is C30H30FN7S. The number of H-pyrrole nitrogens is 2. The summed E-state index contributed by atoms with van der Waals surface area (Å²) >= 11 is 0. The highest BCUT2D eigenvalue weighted by atomic mass is 32.2. The van der Waals surface area contributed by atoms with E-state index in [1.807, 2.05) is 61.7 Å². The number of pyridine rings is 1. The van der Waals surface area contributed by atoms with Crippen LogP contribution in [0, 0.1) is 5.82 Å². The third kappa shape index (κ3) is 5.55. The summed E-state index contributed by atoms with van der Waals surface area (Å²) in [6.45, 7) is 6.12. The van der Waals surface area contributed by atoms with Gasteiger partial charge in [0.05, 0.1) is 22.2 Å². The van der Waals surface area contributed by atoms with Crippen LogP contribution in [0.2, 0.25) is 0 Å². The van der Waals surface area contributed by atoms with Gasteiger partial charge in [0, 0.05) is 17.8 Å². The van der Waals surface area contributed by atoms with Gasteiger partial charge in [-0.2, -0.15) is 14.5 Å². The van der Waals surface area contributed by atoms with Crippen molar-refractivity contribution in [3.8, 4) is 22.6 Å². The van der Waals surface area contributed by atoms with Crippen molar-refractivity contribution in [2.75, 3.05) is 6.26 Å². The Morgan fingerprint density at radius 2 is 1.92 bits per heavy atom. The molecule has 5 rings (SSSR count). The number of benzene rings is 2. The number of halogens is 1. The molecule has 7 nitrogen and oxygen atoms in total. The number of rotatable bonds is 8. The van der Waals surface area contributed by atoms with Crippen molar-refractivity contribution in [2.24, 2.45) is 5.73 Å². The molecule has 39 heavy (non-hydrogen) atoms. The van der Waals surface area contributed by atoms with Crippen molar-refractivity contribution in [1.29, 1.82) is 0 Å². The predicted molar refractivity (Wildman–Crippen MR) is 165 cm³/mol. The van der Waals surface area contributed by atoms with Gasteiger partial charge < -0.3 is 10.7 Å². The van der Waals surface area contributed by atoms with Crippen molar-refractivity contribution in [1.82, 2.24) is 29.9 Å². The molecule has 0 atom stereocenters. The second-order valence-electron chi connectivity index (χ2n) is 9.49. The molecule has 0 saturated carbocycles. The fraction of sp³-hybridized carbons (Fsp3) is 0.100. The van der Waals surface area contributed by atoms with Crippen LogP contribution >= 0.6 is 9.39 Å². The Hall–Kier alpha value is -4.47.